The molecule has 0 saturated heterocycles. The van der Waals surface area contributed by atoms with Crippen LogP contribution in [0.2, 0.25) is 0 Å². The fraction of sp³-hybridized carbons (Fsp3) is 0.131. The van der Waals surface area contributed by atoms with Gasteiger partial charge in [-0.05, 0) is 148 Å². The second kappa shape index (κ2) is 15.0. The van der Waals surface area contributed by atoms with Crippen LogP contribution in [-0.4, -0.2) is 17.2 Å². The van der Waals surface area contributed by atoms with Crippen LogP contribution in [0, 0.1) is 0 Å². The number of nitrogens with zero attached hydrogens (tertiary/aromatic N) is 4. The van der Waals surface area contributed by atoms with Crippen molar-refractivity contribution in [1.29, 1.82) is 0 Å². The maximum absolute atomic E-state index is 4.36. The van der Waals surface area contributed by atoms with Crippen LogP contribution < -0.4 is 31.1 Å². The first kappa shape index (κ1) is 38.8. The average molecular weight is 849 g/mol. The van der Waals surface area contributed by atoms with E-state index in [2.05, 4.69) is 234 Å². The Balaban J connectivity index is 1.12. The van der Waals surface area contributed by atoms with Crippen LogP contribution in [0.1, 0.15) is 45.1 Å². The van der Waals surface area contributed by atoms with Crippen LogP contribution in [0.3, 0.4) is 0 Å². The Kier molecular flexibility index (Phi) is 8.80. The number of rotatable bonds is 6. The highest BCUT2D eigenvalue weighted by Crippen LogP contribution is 2.62. The number of pyridine rings is 1. The second-order valence-corrected chi connectivity index (χ2v) is 19.1. The summed E-state index contributed by atoms with van der Waals surface area (Å²) in [6.45, 7) is 5.12. The van der Waals surface area contributed by atoms with Gasteiger partial charge < -0.3 is 14.7 Å². The van der Waals surface area contributed by atoms with Gasteiger partial charge in [0, 0.05) is 63.3 Å². The van der Waals surface area contributed by atoms with Crippen LogP contribution >= 0.6 is 0 Å². The van der Waals surface area contributed by atoms with Gasteiger partial charge in [0.05, 0.1) is 5.54 Å². The van der Waals surface area contributed by atoms with Crippen LogP contribution in [-0.2, 0) is 5.41 Å². The average Bonchev–Trinajstić information content (AvgIpc) is 3.59. The number of benzene rings is 8. The summed E-state index contributed by atoms with van der Waals surface area (Å²) in [5, 5.41) is 0. The third kappa shape index (κ3) is 5.75. The van der Waals surface area contributed by atoms with E-state index in [1.807, 2.05) is 12.4 Å². The molecule has 4 heterocycles. The summed E-state index contributed by atoms with van der Waals surface area (Å²) < 4.78 is 0. The summed E-state index contributed by atoms with van der Waals surface area (Å²) in [6, 6.07) is 74.8. The van der Waals surface area contributed by atoms with Gasteiger partial charge in [-0.25, -0.2) is 0 Å². The van der Waals surface area contributed by atoms with Crippen LogP contribution in [0.25, 0.3) is 33.4 Å². The number of hydrogen-bond donors (Lipinski definition) is 0. The summed E-state index contributed by atoms with van der Waals surface area (Å²) in [7, 11) is 0. The first-order valence-electron chi connectivity index (χ1n) is 23.6. The van der Waals surface area contributed by atoms with Gasteiger partial charge in [-0.1, -0.05) is 147 Å². The molecule has 2 unspecified atom stereocenters. The molecule has 1 aromatic heterocycles. The second-order valence-electron chi connectivity index (χ2n) is 19.1. The molecule has 66 heavy (non-hydrogen) atoms. The van der Waals surface area contributed by atoms with E-state index in [9.17, 15) is 0 Å². The Morgan fingerprint density at radius 3 is 1.71 bits per heavy atom. The summed E-state index contributed by atoms with van der Waals surface area (Å²) in [5.74, 6) is 0. The van der Waals surface area contributed by atoms with Crippen molar-refractivity contribution in [3.63, 3.8) is 0 Å². The Labute approximate surface area is 388 Å². The molecule has 8 aromatic carbocycles. The van der Waals surface area contributed by atoms with Gasteiger partial charge in [-0.2, -0.15) is 0 Å². The fourth-order valence-electron chi connectivity index (χ4n) is 12.3. The third-order valence-electron chi connectivity index (χ3n) is 15.7. The van der Waals surface area contributed by atoms with E-state index in [0.717, 1.165) is 24.2 Å². The van der Waals surface area contributed by atoms with Gasteiger partial charge >= 0.3 is 0 Å². The molecule has 316 valence electrons. The van der Waals surface area contributed by atoms with Crippen LogP contribution in [0.4, 0.5) is 45.5 Å². The van der Waals surface area contributed by atoms with E-state index in [1.54, 1.807) is 0 Å². The number of fused-ring (bicyclic) bond motifs is 7. The van der Waals surface area contributed by atoms with Crippen molar-refractivity contribution in [2.24, 2.45) is 0 Å². The molecule has 4 nitrogen and oxygen atoms in total. The zero-order valence-corrected chi connectivity index (χ0v) is 37.4. The molecule has 0 amide bonds. The molecule has 9 aromatic rings. The molecule has 13 rings (SSSR count). The number of anilines is 8. The molecule has 3 aliphatic heterocycles. The van der Waals surface area contributed by atoms with Gasteiger partial charge in [-0.3, -0.25) is 4.98 Å². The smallest absolute Gasteiger partial charge is 0.252 e. The minimum atomic E-state index is -0.167. The van der Waals surface area contributed by atoms with Crippen molar-refractivity contribution in [2.45, 2.75) is 50.5 Å². The molecule has 5 heteroatoms. The molecule has 0 radical (unpaired) electrons. The summed E-state index contributed by atoms with van der Waals surface area (Å²) in [5.41, 5.74) is 22.1. The highest BCUT2D eigenvalue weighted by atomic mass is 15.3. The highest BCUT2D eigenvalue weighted by molar-refractivity contribution is 7.00. The summed E-state index contributed by atoms with van der Waals surface area (Å²) >= 11 is 0. The molecule has 1 saturated carbocycles. The fourth-order valence-corrected chi connectivity index (χ4v) is 12.3. The van der Waals surface area contributed by atoms with E-state index in [-0.39, 0.29) is 17.7 Å². The van der Waals surface area contributed by atoms with E-state index >= 15 is 0 Å². The number of aromatic nitrogens is 1. The third-order valence-corrected chi connectivity index (χ3v) is 15.7. The lowest BCUT2D eigenvalue weighted by molar-refractivity contribution is 0.195. The molecule has 0 N–H and O–H groups in total. The zero-order valence-electron chi connectivity index (χ0n) is 37.4. The minimum Gasteiger partial charge on any atom is -0.334 e. The van der Waals surface area contributed by atoms with Crippen LogP contribution in [0.15, 0.2) is 213 Å². The van der Waals surface area contributed by atoms with Crippen LogP contribution in [0.5, 0.6) is 0 Å². The van der Waals surface area contributed by atoms with Gasteiger partial charge in [0.15, 0.2) is 0 Å². The molecule has 0 bridgehead atoms. The first-order chi connectivity index (χ1) is 32.5. The molecule has 1 fully saturated rings. The highest BCUT2D eigenvalue weighted by Gasteiger charge is 2.58. The lowest BCUT2D eigenvalue weighted by atomic mass is 9.33. The van der Waals surface area contributed by atoms with Crippen molar-refractivity contribution < 1.29 is 0 Å². The quantitative estimate of drug-likeness (QED) is 0.156. The van der Waals surface area contributed by atoms with Gasteiger partial charge in [-0.15, -0.1) is 0 Å². The Bertz CT molecular complexity index is 3320. The summed E-state index contributed by atoms with van der Waals surface area (Å²) in [6.07, 6.45) is 8.49. The van der Waals surface area contributed by atoms with E-state index in [0.29, 0.717) is 0 Å². The van der Waals surface area contributed by atoms with Crippen molar-refractivity contribution in [3.05, 3.63) is 218 Å². The monoisotopic (exact) mass is 848 g/mol. The topological polar surface area (TPSA) is 22.6 Å². The lowest BCUT2D eigenvalue weighted by Crippen LogP contribution is -2.61. The predicted octanol–water partition coefficient (Wildman–Crippen LogP) is 13.9. The Morgan fingerprint density at radius 2 is 0.970 bits per heavy atom. The molecular weight excluding hydrogens is 800 g/mol. The minimum absolute atomic E-state index is 0.0120. The summed E-state index contributed by atoms with van der Waals surface area (Å²) in [4.78, 5) is 12.3. The zero-order chi connectivity index (χ0) is 44.0. The SMILES string of the molecule is CC12CCCCC1(C)N(c1cc3c4c(c1)N(c1cccc(-c5ccccc5)c1)c1cc(-c5ccccc5)ccc1B4c1ccccc1N3c1ccccc1)c1ccc(-c3ccncc3)cc12. The molecule has 4 aliphatic rings. The lowest BCUT2D eigenvalue weighted by Gasteiger charge is -2.51. The van der Waals surface area contributed by atoms with Crippen molar-refractivity contribution in [3.8, 4) is 33.4 Å². The molecule has 2 atom stereocenters. The largest absolute Gasteiger partial charge is 0.334 e. The van der Waals surface area contributed by atoms with E-state index < -0.39 is 0 Å². The molecule has 0 spiro atoms. The maximum Gasteiger partial charge on any atom is 0.252 e. The van der Waals surface area contributed by atoms with Gasteiger partial charge in [0.25, 0.3) is 6.71 Å². The van der Waals surface area contributed by atoms with E-state index in [4.69, 9.17) is 0 Å². The Hall–Kier alpha value is -7.63. The van der Waals surface area contributed by atoms with Crippen molar-refractivity contribution >= 4 is 68.6 Å². The number of para-hydroxylation sites is 2. The Morgan fingerprint density at radius 1 is 0.409 bits per heavy atom. The molecule has 1 aliphatic carbocycles. The van der Waals surface area contributed by atoms with Crippen molar-refractivity contribution in [1.82, 2.24) is 4.98 Å². The standard InChI is InChI=1S/C61H49BN4/c1-60-33-14-15-34-61(60,2)66(54-30-28-46(38-51(54)60)44-31-35-63-36-32-44)50-40-57-59-58(41-50)65(49-24-16-21-45(37-49)42-17-6-3-7-18-42)56-39-47(43-19-8-4-9-20-43)27-29-53(56)62(59)52-25-12-13-26-55(52)64(57)48-22-10-5-11-23-48/h3-13,16-32,35-41H,14-15,33-34H2,1-2H3. The first-order valence-corrected chi connectivity index (χ1v) is 23.6. The molecular formula is C61H49BN4. The van der Waals surface area contributed by atoms with Crippen molar-refractivity contribution in [2.75, 3.05) is 14.7 Å². The van der Waals surface area contributed by atoms with Gasteiger partial charge in [0.1, 0.15) is 0 Å². The maximum atomic E-state index is 4.36. The predicted molar refractivity (Wildman–Crippen MR) is 277 cm³/mol. The van der Waals surface area contributed by atoms with Gasteiger partial charge in [0.2, 0.25) is 0 Å². The number of hydrogen-bond acceptors (Lipinski definition) is 4. The van der Waals surface area contributed by atoms with E-state index in [1.165, 1.54) is 102 Å². The normalized spacial score (nSPS) is 18.8.